The van der Waals surface area contributed by atoms with Crippen molar-refractivity contribution in [1.82, 2.24) is 10.2 Å². The van der Waals surface area contributed by atoms with Crippen LogP contribution in [0.1, 0.15) is 38.8 Å². The van der Waals surface area contributed by atoms with E-state index in [4.69, 9.17) is 11.6 Å². The molecule has 2 rings (SSSR count). The van der Waals surface area contributed by atoms with E-state index in [0.29, 0.717) is 16.1 Å². The van der Waals surface area contributed by atoms with Gasteiger partial charge in [0.25, 0.3) is 5.69 Å². The summed E-state index contributed by atoms with van der Waals surface area (Å²) >= 11 is 5.97. The zero-order valence-corrected chi connectivity index (χ0v) is 22.7. The summed E-state index contributed by atoms with van der Waals surface area (Å²) in [5.41, 5.74) is 0.257. The maximum absolute atomic E-state index is 13.6. The Morgan fingerprint density at radius 3 is 2.22 bits per heavy atom. The quantitative estimate of drug-likeness (QED) is 0.383. The fourth-order valence-electron chi connectivity index (χ4n) is 3.42. The van der Waals surface area contributed by atoms with Crippen LogP contribution in [0.5, 0.6) is 0 Å². The lowest BCUT2D eigenvalue weighted by molar-refractivity contribution is -0.384. The van der Waals surface area contributed by atoms with E-state index >= 15 is 0 Å². The Bertz CT molecular complexity index is 1240. The van der Waals surface area contributed by atoms with Gasteiger partial charge in [0.15, 0.2) is 0 Å². The minimum absolute atomic E-state index is 0.0123. The van der Waals surface area contributed by atoms with Crippen LogP contribution >= 0.6 is 11.6 Å². The summed E-state index contributed by atoms with van der Waals surface area (Å²) in [4.78, 5) is 38.4. The first-order valence-corrected chi connectivity index (χ1v) is 13.3. The van der Waals surface area contributed by atoms with Gasteiger partial charge in [-0.1, -0.05) is 29.8 Å². The van der Waals surface area contributed by atoms with Crippen molar-refractivity contribution in [2.24, 2.45) is 0 Å². The minimum Gasteiger partial charge on any atom is -0.350 e. The summed E-state index contributed by atoms with van der Waals surface area (Å²) in [6, 6.07) is 9.55. The molecule has 0 aromatic heterocycles. The molecule has 0 unspecified atom stereocenters. The van der Waals surface area contributed by atoms with Gasteiger partial charge in [0, 0.05) is 29.2 Å². The molecule has 0 aliphatic heterocycles. The molecule has 0 fully saturated rings. The fourth-order valence-corrected chi connectivity index (χ4v) is 4.44. The van der Waals surface area contributed by atoms with Gasteiger partial charge in [-0.15, -0.1) is 0 Å². The topological polar surface area (TPSA) is 130 Å². The molecule has 0 aliphatic carbocycles. The molecule has 0 aliphatic rings. The average molecular weight is 539 g/mol. The van der Waals surface area contributed by atoms with Crippen molar-refractivity contribution in [3.63, 3.8) is 0 Å². The molecule has 2 amide bonds. The second-order valence-electron chi connectivity index (χ2n) is 9.56. The number of halogens is 1. The number of sulfonamides is 1. The Hall–Kier alpha value is -3.18. The fraction of sp³-hybridized carbons (Fsp3) is 0.417. The van der Waals surface area contributed by atoms with E-state index in [0.717, 1.165) is 16.6 Å². The summed E-state index contributed by atoms with van der Waals surface area (Å²) in [6.07, 6.45) is 0.915. The molecule has 2 aromatic carbocycles. The van der Waals surface area contributed by atoms with Gasteiger partial charge in [0.2, 0.25) is 21.8 Å². The third kappa shape index (κ3) is 7.92. The van der Waals surface area contributed by atoms with Crippen LogP contribution in [0.15, 0.2) is 42.5 Å². The molecule has 0 saturated heterocycles. The third-order valence-corrected chi connectivity index (χ3v) is 6.66. The molecule has 36 heavy (non-hydrogen) atoms. The molecule has 12 heteroatoms. The number of anilines is 1. The first kappa shape index (κ1) is 29.1. The van der Waals surface area contributed by atoms with Crippen LogP contribution in [0.4, 0.5) is 11.4 Å². The largest absolute Gasteiger partial charge is 0.350 e. The molecule has 0 heterocycles. The van der Waals surface area contributed by atoms with Crippen LogP contribution in [0.25, 0.3) is 0 Å². The Morgan fingerprint density at radius 1 is 1.14 bits per heavy atom. The van der Waals surface area contributed by atoms with Crippen LogP contribution in [0, 0.1) is 17.0 Å². The zero-order chi connectivity index (χ0) is 27.4. The van der Waals surface area contributed by atoms with Crippen molar-refractivity contribution in [3.8, 4) is 0 Å². The number of nitrogens with zero attached hydrogens (tertiary/aromatic N) is 3. The Balaban J connectivity index is 2.49. The molecule has 0 saturated carbocycles. The molecule has 0 radical (unpaired) electrons. The van der Waals surface area contributed by atoms with E-state index in [-0.39, 0.29) is 17.9 Å². The van der Waals surface area contributed by atoms with Gasteiger partial charge in [-0.2, -0.15) is 0 Å². The van der Waals surface area contributed by atoms with Crippen LogP contribution in [0.2, 0.25) is 5.02 Å². The number of nitrogens with one attached hydrogen (secondary N) is 1. The maximum atomic E-state index is 13.6. The highest BCUT2D eigenvalue weighted by atomic mass is 35.5. The molecule has 196 valence electrons. The van der Waals surface area contributed by atoms with E-state index in [1.165, 1.54) is 17.0 Å². The number of rotatable bonds is 9. The lowest BCUT2D eigenvalue weighted by atomic mass is 10.1. The van der Waals surface area contributed by atoms with E-state index in [1.807, 2.05) is 0 Å². The van der Waals surface area contributed by atoms with Crippen LogP contribution in [0.3, 0.4) is 0 Å². The number of hydrogen-bond donors (Lipinski definition) is 1. The van der Waals surface area contributed by atoms with Gasteiger partial charge < -0.3 is 10.2 Å². The van der Waals surface area contributed by atoms with E-state index in [9.17, 15) is 28.1 Å². The van der Waals surface area contributed by atoms with Crippen molar-refractivity contribution in [2.45, 2.75) is 52.7 Å². The van der Waals surface area contributed by atoms with E-state index < -0.39 is 44.9 Å². The second-order valence-corrected chi connectivity index (χ2v) is 11.9. The number of non-ortho nitro benzene ring substituents is 1. The average Bonchev–Trinajstić information content (AvgIpc) is 2.75. The number of nitro benzene ring substituents is 1. The molecule has 0 spiro atoms. The summed E-state index contributed by atoms with van der Waals surface area (Å²) < 4.78 is 26.2. The normalized spacial score (nSPS) is 12.5. The number of aryl methyl sites for hydroxylation is 1. The van der Waals surface area contributed by atoms with E-state index in [1.54, 1.807) is 58.9 Å². The van der Waals surface area contributed by atoms with Gasteiger partial charge in [-0.25, -0.2) is 8.42 Å². The molecular weight excluding hydrogens is 508 g/mol. The number of carbonyl (C=O) groups is 2. The highest BCUT2D eigenvalue weighted by Gasteiger charge is 2.32. The summed E-state index contributed by atoms with van der Waals surface area (Å²) in [5, 5.41) is 14.6. The molecule has 1 N–H and O–H groups in total. The first-order chi connectivity index (χ1) is 16.5. The molecule has 0 bridgehead atoms. The Labute approximate surface area is 216 Å². The first-order valence-electron chi connectivity index (χ1n) is 11.1. The zero-order valence-electron chi connectivity index (χ0n) is 21.1. The summed E-state index contributed by atoms with van der Waals surface area (Å²) in [5.74, 6) is -1.07. The van der Waals surface area contributed by atoms with Crippen molar-refractivity contribution in [3.05, 3.63) is 68.7 Å². The predicted molar refractivity (Wildman–Crippen MR) is 139 cm³/mol. The van der Waals surface area contributed by atoms with Gasteiger partial charge in [0.05, 0.1) is 16.9 Å². The SMILES string of the molecule is Cc1ccc([N+](=O)[O-])cc1N(CC(=O)N(Cc1ccc(Cl)cc1)[C@@H](C)C(=O)NC(C)(C)C)S(C)(=O)=O. The van der Waals surface area contributed by atoms with Gasteiger partial charge in [0.1, 0.15) is 12.6 Å². The minimum atomic E-state index is -4.02. The highest BCUT2D eigenvalue weighted by molar-refractivity contribution is 7.92. The van der Waals surface area contributed by atoms with Gasteiger partial charge in [-0.3, -0.25) is 24.0 Å². The van der Waals surface area contributed by atoms with Crippen molar-refractivity contribution >= 4 is 44.8 Å². The monoisotopic (exact) mass is 538 g/mol. The van der Waals surface area contributed by atoms with Crippen LogP contribution in [-0.2, 0) is 26.2 Å². The number of nitro groups is 1. The smallest absolute Gasteiger partial charge is 0.271 e. The van der Waals surface area contributed by atoms with Crippen molar-refractivity contribution in [2.75, 3.05) is 17.1 Å². The highest BCUT2D eigenvalue weighted by Crippen LogP contribution is 2.28. The predicted octanol–water partition coefficient (Wildman–Crippen LogP) is 3.65. The maximum Gasteiger partial charge on any atom is 0.271 e. The van der Waals surface area contributed by atoms with Crippen molar-refractivity contribution < 1.29 is 22.9 Å². The van der Waals surface area contributed by atoms with Gasteiger partial charge >= 0.3 is 0 Å². The Morgan fingerprint density at radius 2 is 1.72 bits per heavy atom. The molecule has 2 aromatic rings. The number of benzene rings is 2. The van der Waals surface area contributed by atoms with E-state index in [2.05, 4.69) is 5.32 Å². The lowest BCUT2D eigenvalue weighted by Gasteiger charge is -2.33. The second kappa shape index (κ2) is 11.3. The summed E-state index contributed by atoms with van der Waals surface area (Å²) in [7, 11) is -4.02. The van der Waals surface area contributed by atoms with Crippen LogP contribution < -0.4 is 9.62 Å². The molecular formula is C24H31ClN4O6S. The lowest BCUT2D eigenvalue weighted by Crippen LogP contribution is -2.54. The molecule has 10 nitrogen and oxygen atoms in total. The number of hydrogen-bond acceptors (Lipinski definition) is 6. The van der Waals surface area contributed by atoms with Gasteiger partial charge in [-0.05, 0) is 57.9 Å². The molecule has 1 atom stereocenters. The number of amides is 2. The number of carbonyl (C=O) groups excluding carboxylic acids is 2. The standard InChI is InChI=1S/C24H31ClN4O6S/c1-16-7-12-20(29(32)33)13-21(16)28(36(6,34)35)15-22(30)27(14-18-8-10-19(25)11-9-18)17(2)23(31)26-24(3,4)5/h7-13,17H,14-15H2,1-6H3,(H,26,31)/t17-/m0/s1. The Kier molecular flexibility index (Phi) is 9.08. The third-order valence-electron chi connectivity index (χ3n) is 5.28. The van der Waals surface area contributed by atoms with Crippen LogP contribution in [-0.4, -0.2) is 54.4 Å². The summed E-state index contributed by atoms with van der Waals surface area (Å²) in [6.45, 7) is 7.92. The van der Waals surface area contributed by atoms with Crippen molar-refractivity contribution in [1.29, 1.82) is 0 Å².